The lowest BCUT2D eigenvalue weighted by Crippen LogP contribution is -2.14. The van der Waals surface area contributed by atoms with Crippen molar-refractivity contribution in [1.82, 2.24) is 20.6 Å². The van der Waals surface area contributed by atoms with E-state index in [2.05, 4.69) is 38.6 Å². The average Bonchev–Trinajstić information content (AvgIpc) is 3.31. The zero-order valence-electron chi connectivity index (χ0n) is 18.8. The van der Waals surface area contributed by atoms with E-state index in [4.69, 9.17) is 14.2 Å². The molecule has 0 spiro atoms. The maximum absolute atomic E-state index is 12.9. The molecule has 9 nitrogen and oxygen atoms in total. The number of hydrogen-bond donors (Lipinski definition) is 2. The summed E-state index contributed by atoms with van der Waals surface area (Å²) in [7, 11) is 0. The highest BCUT2D eigenvalue weighted by atomic mass is 16.5. The second-order valence-electron chi connectivity index (χ2n) is 7.64. The van der Waals surface area contributed by atoms with Crippen molar-refractivity contribution < 1.29 is 19.0 Å². The van der Waals surface area contributed by atoms with Gasteiger partial charge in [-0.25, -0.2) is 5.10 Å². The number of anilines is 1. The van der Waals surface area contributed by atoms with Gasteiger partial charge in [0.05, 0.1) is 12.3 Å². The molecule has 0 radical (unpaired) electrons. The lowest BCUT2D eigenvalue weighted by atomic mass is 10.2. The molecule has 1 amide bonds. The molecule has 176 valence electrons. The molecule has 2 heterocycles. The Morgan fingerprint density at radius 3 is 2.88 bits per heavy atom. The number of fused-ring (bicyclic) bond motifs is 1. The van der Waals surface area contributed by atoms with Gasteiger partial charge in [-0.05, 0) is 66.1 Å². The maximum Gasteiger partial charge on any atom is 0.255 e. The SMILES string of the molecule is C=CCCC/C=C/COc1ccc(C(=O)Nc2cccc3c2OC(c2nnn[nH]2)CCO3)cc1. The molecule has 0 fully saturated rings. The summed E-state index contributed by atoms with van der Waals surface area (Å²) >= 11 is 0. The van der Waals surface area contributed by atoms with Crippen LogP contribution >= 0.6 is 0 Å². The van der Waals surface area contributed by atoms with Crippen molar-refractivity contribution in [3.8, 4) is 17.2 Å². The van der Waals surface area contributed by atoms with E-state index < -0.39 is 6.10 Å². The number of hydrogen-bond acceptors (Lipinski definition) is 7. The molecule has 0 saturated heterocycles. The molecule has 1 aromatic heterocycles. The van der Waals surface area contributed by atoms with E-state index in [1.54, 1.807) is 42.5 Å². The number of unbranched alkanes of at least 4 members (excludes halogenated alkanes) is 2. The number of tetrazole rings is 1. The van der Waals surface area contributed by atoms with Gasteiger partial charge < -0.3 is 19.5 Å². The summed E-state index contributed by atoms with van der Waals surface area (Å²) in [5.41, 5.74) is 0.999. The van der Waals surface area contributed by atoms with Gasteiger partial charge >= 0.3 is 0 Å². The van der Waals surface area contributed by atoms with Crippen LogP contribution in [-0.4, -0.2) is 39.7 Å². The highest BCUT2D eigenvalue weighted by molar-refractivity contribution is 6.05. The number of aromatic amines is 1. The van der Waals surface area contributed by atoms with Crippen LogP contribution in [0.15, 0.2) is 67.3 Å². The number of allylic oxidation sites excluding steroid dienone is 2. The predicted octanol–water partition coefficient (Wildman–Crippen LogP) is 4.65. The quantitative estimate of drug-likeness (QED) is 0.334. The Bertz CT molecular complexity index is 1110. The predicted molar refractivity (Wildman–Crippen MR) is 127 cm³/mol. The van der Waals surface area contributed by atoms with Gasteiger partial charge in [-0.1, -0.05) is 24.3 Å². The molecule has 1 aliphatic heterocycles. The van der Waals surface area contributed by atoms with Crippen LogP contribution in [0.25, 0.3) is 0 Å². The first-order chi connectivity index (χ1) is 16.7. The smallest absolute Gasteiger partial charge is 0.255 e. The molecule has 2 aromatic carbocycles. The van der Waals surface area contributed by atoms with E-state index in [1.807, 2.05) is 12.2 Å². The Kier molecular flexibility index (Phi) is 7.89. The van der Waals surface area contributed by atoms with Crippen molar-refractivity contribution in [3.63, 3.8) is 0 Å². The minimum atomic E-state index is -0.415. The Morgan fingerprint density at radius 2 is 2.09 bits per heavy atom. The van der Waals surface area contributed by atoms with Crippen molar-refractivity contribution in [2.24, 2.45) is 0 Å². The number of rotatable bonds is 10. The lowest BCUT2D eigenvalue weighted by Gasteiger charge is -2.17. The minimum absolute atomic E-state index is 0.271. The number of benzene rings is 2. The fraction of sp³-hybridized carbons (Fsp3) is 0.280. The number of para-hydroxylation sites is 1. The first-order valence-corrected chi connectivity index (χ1v) is 11.2. The molecule has 2 N–H and O–H groups in total. The van der Waals surface area contributed by atoms with Gasteiger partial charge in [0.15, 0.2) is 23.4 Å². The van der Waals surface area contributed by atoms with Crippen LogP contribution in [-0.2, 0) is 0 Å². The second kappa shape index (κ2) is 11.6. The summed E-state index contributed by atoms with van der Waals surface area (Å²) < 4.78 is 17.6. The number of carbonyl (C=O) groups is 1. The van der Waals surface area contributed by atoms with Gasteiger partial charge in [0.1, 0.15) is 12.4 Å². The normalized spacial score (nSPS) is 15.0. The number of aromatic nitrogens is 4. The Balaban J connectivity index is 1.37. The fourth-order valence-corrected chi connectivity index (χ4v) is 3.43. The number of nitrogens with one attached hydrogen (secondary N) is 2. The molecule has 1 unspecified atom stereocenters. The monoisotopic (exact) mass is 461 g/mol. The molecule has 9 heteroatoms. The Labute approximate surface area is 197 Å². The third-order valence-corrected chi connectivity index (χ3v) is 5.20. The minimum Gasteiger partial charge on any atom is -0.490 e. The topological polar surface area (TPSA) is 111 Å². The van der Waals surface area contributed by atoms with Crippen LogP contribution in [0.5, 0.6) is 17.2 Å². The van der Waals surface area contributed by atoms with Crippen molar-refractivity contribution >= 4 is 11.6 Å². The van der Waals surface area contributed by atoms with Gasteiger partial charge in [0.2, 0.25) is 0 Å². The average molecular weight is 462 g/mol. The van der Waals surface area contributed by atoms with E-state index in [9.17, 15) is 4.79 Å². The zero-order valence-corrected chi connectivity index (χ0v) is 18.8. The van der Waals surface area contributed by atoms with Crippen molar-refractivity contribution in [2.45, 2.75) is 31.8 Å². The molecule has 4 rings (SSSR count). The number of ether oxygens (including phenoxy) is 3. The van der Waals surface area contributed by atoms with Crippen molar-refractivity contribution in [2.75, 3.05) is 18.5 Å². The molecule has 1 aliphatic rings. The van der Waals surface area contributed by atoms with Crippen LogP contribution in [0, 0.1) is 0 Å². The summed E-state index contributed by atoms with van der Waals surface area (Å²) in [5, 5.41) is 16.8. The molecular formula is C25H27N5O4. The Hall–Kier alpha value is -4.14. The van der Waals surface area contributed by atoms with Crippen LogP contribution in [0.1, 0.15) is 48.0 Å². The summed E-state index contributed by atoms with van der Waals surface area (Å²) in [6, 6.07) is 12.4. The molecule has 0 saturated carbocycles. The van der Waals surface area contributed by atoms with Gasteiger partial charge in [0.25, 0.3) is 5.91 Å². The summed E-state index contributed by atoms with van der Waals surface area (Å²) in [6.07, 6.45) is 9.26. The van der Waals surface area contributed by atoms with E-state index in [0.717, 1.165) is 19.3 Å². The molecule has 1 atom stereocenters. The van der Waals surface area contributed by atoms with Gasteiger partial charge in [-0.15, -0.1) is 11.7 Å². The van der Waals surface area contributed by atoms with Gasteiger partial charge in [-0.2, -0.15) is 0 Å². The molecule has 0 bridgehead atoms. The standard InChI is InChI=1S/C25H27N5O4/c1-2-3-4-5-6-7-16-32-19-13-11-18(12-14-19)25(31)26-20-9-8-10-21-23(20)34-22(15-17-33-21)24-27-29-30-28-24/h2,6-14,22H,1,3-5,15-17H2,(H,26,31)(H,27,28,29,30)/b7-6+. The maximum atomic E-state index is 12.9. The zero-order chi connectivity index (χ0) is 23.6. The molecule has 3 aromatic rings. The molecule has 34 heavy (non-hydrogen) atoms. The first-order valence-electron chi connectivity index (χ1n) is 11.2. The fourth-order valence-electron chi connectivity index (χ4n) is 3.43. The lowest BCUT2D eigenvalue weighted by molar-refractivity contribution is 0.102. The van der Waals surface area contributed by atoms with E-state index in [0.29, 0.717) is 54.0 Å². The van der Waals surface area contributed by atoms with E-state index in [-0.39, 0.29) is 5.91 Å². The number of nitrogens with zero attached hydrogens (tertiary/aromatic N) is 3. The number of carbonyl (C=O) groups excluding carboxylic acids is 1. The second-order valence-corrected chi connectivity index (χ2v) is 7.64. The van der Waals surface area contributed by atoms with Crippen molar-refractivity contribution in [3.05, 3.63) is 78.7 Å². The largest absolute Gasteiger partial charge is 0.490 e. The summed E-state index contributed by atoms with van der Waals surface area (Å²) in [4.78, 5) is 12.9. The van der Waals surface area contributed by atoms with Crippen LogP contribution < -0.4 is 19.5 Å². The summed E-state index contributed by atoms with van der Waals surface area (Å²) in [6.45, 7) is 4.63. The van der Waals surface area contributed by atoms with Crippen LogP contribution in [0.3, 0.4) is 0 Å². The molecular weight excluding hydrogens is 434 g/mol. The highest BCUT2D eigenvalue weighted by Gasteiger charge is 2.25. The van der Waals surface area contributed by atoms with Crippen LogP contribution in [0.2, 0.25) is 0 Å². The number of H-pyrrole nitrogens is 1. The third-order valence-electron chi connectivity index (χ3n) is 5.20. The van der Waals surface area contributed by atoms with Gasteiger partial charge in [-0.3, -0.25) is 4.79 Å². The van der Waals surface area contributed by atoms with Crippen molar-refractivity contribution in [1.29, 1.82) is 0 Å². The highest BCUT2D eigenvalue weighted by Crippen LogP contribution is 2.41. The first kappa shape index (κ1) is 23.0. The third kappa shape index (κ3) is 6.00. The van der Waals surface area contributed by atoms with E-state index >= 15 is 0 Å². The number of amides is 1. The van der Waals surface area contributed by atoms with Gasteiger partial charge in [0, 0.05) is 12.0 Å². The Morgan fingerprint density at radius 1 is 1.21 bits per heavy atom. The van der Waals surface area contributed by atoms with Crippen LogP contribution in [0.4, 0.5) is 5.69 Å². The molecule has 0 aliphatic carbocycles. The van der Waals surface area contributed by atoms with E-state index in [1.165, 1.54) is 0 Å². The summed E-state index contributed by atoms with van der Waals surface area (Å²) in [5.74, 6) is 1.91.